The van der Waals surface area contributed by atoms with Gasteiger partial charge in [0.15, 0.2) is 0 Å². The second-order valence-electron chi connectivity index (χ2n) is 9.56. The minimum atomic E-state index is -4.53. The first-order chi connectivity index (χ1) is 17.8. The van der Waals surface area contributed by atoms with E-state index in [0.29, 0.717) is 35.4 Å². The minimum Gasteiger partial charge on any atom is -0.381 e. The van der Waals surface area contributed by atoms with E-state index in [1.54, 1.807) is 0 Å². The van der Waals surface area contributed by atoms with Crippen LogP contribution in [0.2, 0.25) is 0 Å². The number of aromatic nitrogens is 2. The first-order valence-electron chi connectivity index (χ1n) is 12.7. The fourth-order valence-corrected chi connectivity index (χ4v) is 5.49. The Morgan fingerprint density at radius 3 is 2.59 bits per heavy atom. The van der Waals surface area contributed by atoms with Crippen LogP contribution in [-0.4, -0.2) is 47.1 Å². The van der Waals surface area contributed by atoms with Gasteiger partial charge in [0.1, 0.15) is 21.6 Å². The summed E-state index contributed by atoms with van der Waals surface area (Å²) < 4.78 is 44.0. The number of pyridine rings is 1. The second-order valence-corrected chi connectivity index (χ2v) is 10.7. The standard InChI is InChI=1S/C25H32F3N5O3S/c26-25(27,28)21-13-18(6-9-29-21)30-15-22-31-14-20(37-22)24(35)33-19(12-16-4-2-1-3-5-16)23(34)32-17-7-10-36-11-8-17/h6,9,13-14,16-17,19H,1-5,7-8,10-12,15H2,(H,29,30)(H,32,34)(H,33,35). The quantitative estimate of drug-likeness (QED) is 0.433. The fourth-order valence-electron chi connectivity index (χ4n) is 4.73. The SMILES string of the molecule is O=C(NC(CC1CCCCC1)C(=O)NC1CCOCC1)c1cnc(CNc2ccnc(C(F)(F)F)c2)s1. The lowest BCUT2D eigenvalue weighted by Crippen LogP contribution is -2.51. The van der Waals surface area contributed by atoms with Gasteiger partial charge in [0.2, 0.25) is 5.91 Å². The van der Waals surface area contributed by atoms with Crippen molar-refractivity contribution in [1.82, 2.24) is 20.6 Å². The third-order valence-electron chi connectivity index (χ3n) is 6.75. The Hall–Kier alpha value is -2.73. The number of anilines is 1. The summed E-state index contributed by atoms with van der Waals surface area (Å²) in [5.41, 5.74) is -0.736. The maximum Gasteiger partial charge on any atom is 0.433 e. The Morgan fingerprint density at radius 1 is 1.11 bits per heavy atom. The van der Waals surface area contributed by atoms with E-state index >= 15 is 0 Å². The molecule has 37 heavy (non-hydrogen) atoms. The molecule has 202 valence electrons. The van der Waals surface area contributed by atoms with Gasteiger partial charge in [-0.15, -0.1) is 11.3 Å². The van der Waals surface area contributed by atoms with Crippen LogP contribution >= 0.6 is 11.3 Å². The van der Waals surface area contributed by atoms with Gasteiger partial charge in [-0.25, -0.2) is 4.98 Å². The number of thiazole rings is 1. The van der Waals surface area contributed by atoms with E-state index in [-0.39, 0.29) is 30.1 Å². The molecular formula is C25H32F3N5O3S. The van der Waals surface area contributed by atoms with Gasteiger partial charge in [-0.1, -0.05) is 32.1 Å². The molecule has 4 rings (SSSR count). The molecule has 2 amide bonds. The number of hydrogen-bond acceptors (Lipinski definition) is 7. The van der Waals surface area contributed by atoms with Crippen LogP contribution < -0.4 is 16.0 Å². The molecule has 3 N–H and O–H groups in total. The molecule has 1 saturated carbocycles. The molecule has 1 unspecified atom stereocenters. The van der Waals surface area contributed by atoms with Crippen LogP contribution in [0.5, 0.6) is 0 Å². The Kier molecular flexibility index (Phi) is 9.36. The summed E-state index contributed by atoms with van der Waals surface area (Å²) in [6.07, 6.45) is 5.68. The zero-order valence-corrected chi connectivity index (χ0v) is 21.3. The zero-order valence-electron chi connectivity index (χ0n) is 20.5. The summed E-state index contributed by atoms with van der Waals surface area (Å²) in [6, 6.07) is 1.76. The summed E-state index contributed by atoms with van der Waals surface area (Å²) in [6.45, 7) is 1.37. The maximum absolute atomic E-state index is 13.1. The highest BCUT2D eigenvalue weighted by Crippen LogP contribution is 2.29. The summed E-state index contributed by atoms with van der Waals surface area (Å²) in [4.78, 5) is 34.1. The smallest absolute Gasteiger partial charge is 0.381 e. The van der Waals surface area contributed by atoms with Crippen molar-refractivity contribution < 1.29 is 27.5 Å². The van der Waals surface area contributed by atoms with E-state index in [2.05, 4.69) is 25.9 Å². The molecule has 8 nitrogen and oxygen atoms in total. The van der Waals surface area contributed by atoms with Crippen molar-refractivity contribution in [3.8, 4) is 0 Å². The van der Waals surface area contributed by atoms with Crippen LogP contribution in [0.25, 0.3) is 0 Å². The molecule has 1 saturated heterocycles. The summed E-state index contributed by atoms with van der Waals surface area (Å²) in [7, 11) is 0. The third kappa shape index (κ3) is 8.13. The first-order valence-corrected chi connectivity index (χ1v) is 13.5. The number of carbonyl (C=O) groups is 2. The van der Waals surface area contributed by atoms with Gasteiger partial charge in [0.25, 0.3) is 5.91 Å². The van der Waals surface area contributed by atoms with Crippen LogP contribution in [0.15, 0.2) is 24.5 Å². The van der Waals surface area contributed by atoms with Crippen LogP contribution in [-0.2, 0) is 22.3 Å². The molecule has 0 radical (unpaired) electrons. The van der Waals surface area contributed by atoms with Gasteiger partial charge in [-0.2, -0.15) is 13.2 Å². The zero-order chi connectivity index (χ0) is 26.3. The van der Waals surface area contributed by atoms with Gasteiger partial charge >= 0.3 is 6.18 Å². The van der Waals surface area contributed by atoms with Crippen LogP contribution in [0.1, 0.15) is 71.7 Å². The van der Waals surface area contributed by atoms with Gasteiger partial charge in [-0.05, 0) is 37.3 Å². The van der Waals surface area contributed by atoms with E-state index < -0.39 is 17.9 Å². The largest absolute Gasteiger partial charge is 0.433 e. The lowest BCUT2D eigenvalue weighted by Gasteiger charge is -2.29. The predicted molar refractivity (Wildman–Crippen MR) is 133 cm³/mol. The summed E-state index contributed by atoms with van der Waals surface area (Å²) >= 11 is 1.13. The predicted octanol–water partition coefficient (Wildman–Crippen LogP) is 4.53. The van der Waals surface area contributed by atoms with Crippen molar-refractivity contribution in [1.29, 1.82) is 0 Å². The number of nitrogens with zero attached hydrogens (tertiary/aromatic N) is 2. The third-order valence-corrected chi connectivity index (χ3v) is 7.75. The molecule has 1 aliphatic heterocycles. The number of rotatable bonds is 9. The van der Waals surface area contributed by atoms with Gasteiger partial charge in [-0.3, -0.25) is 14.6 Å². The normalized spacial score (nSPS) is 18.2. The monoisotopic (exact) mass is 539 g/mol. The number of ether oxygens (including phenoxy) is 1. The van der Waals surface area contributed by atoms with Gasteiger partial charge in [0, 0.05) is 31.1 Å². The summed E-state index contributed by atoms with van der Waals surface area (Å²) in [5.74, 6) is -0.159. The van der Waals surface area contributed by atoms with Crippen LogP contribution in [0, 0.1) is 5.92 Å². The molecule has 0 bridgehead atoms. The highest BCUT2D eigenvalue weighted by Gasteiger charge is 2.32. The number of halogens is 3. The fraction of sp³-hybridized carbons (Fsp3) is 0.600. The molecule has 2 aliphatic rings. The summed E-state index contributed by atoms with van der Waals surface area (Å²) in [5, 5.41) is 9.42. The van der Waals surface area contributed by atoms with E-state index in [0.717, 1.165) is 62.1 Å². The lowest BCUT2D eigenvalue weighted by atomic mass is 9.84. The highest BCUT2D eigenvalue weighted by atomic mass is 32.1. The number of nitrogens with one attached hydrogen (secondary N) is 3. The number of hydrogen-bond donors (Lipinski definition) is 3. The number of amides is 2. The van der Waals surface area contributed by atoms with Gasteiger partial charge in [0.05, 0.1) is 12.7 Å². The molecule has 0 aromatic carbocycles. The van der Waals surface area contributed by atoms with E-state index in [9.17, 15) is 22.8 Å². The molecule has 2 fully saturated rings. The van der Waals surface area contributed by atoms with Crippen molar-refractivity contribution >= 4 is 28.8 Å². The second kappa shape index (κ2) is 12.7. The van der Waals surface area contributed by atoms with Crippen LogP contribution in [0.3, 0.4) is 0 Å². The number of carbonyl (C=O) groups excluding carboxylic acids is 2. The molecule has 1 atom stereocenters. The molecule has 1 aliphatic carbocycles. The minimum absolute atomic E-state index is 0.0409. The van der Waals surface area contributed by atoms with E-state index in [1.807, 2.05) is 0 Å². The van der Waals surface area contributed by atoms with Gasteiger partial charge < -0.3 is 20.7 Å². The topological polar surface area (TPSA) is 105 Å². The van der Waals surface area contributed by atoms with Crippen molar-refractivity contribution in [2.24, 2.45) is 5.92 Å². The Balaban J connectivity index is 1.36. The molecule has 12 heteroatoms. The van der Waals surface area contributed by atoms with E-state index in [4.69, 9.17) is 4.74 Å². The maximum atomic E-state index is 13.1. The average molecular weight is 540 g/mol. The van der Waals surface area contributed by atoms with Crippen molar-refractivity contribution in [2.45, 2.75) is 76.2 Å². The van der Waals surface area contributed by atoms with Crippen molar-refractivity contribution in [3.05, 3.63) is 40.1 Å². The Labute approximate surface area is 217 Å². The average Bonchev–Trinajstić information content (AvgIpc) is 3.37. The Morgan fingerprint density at radius 2 is 1.86 bits per heavy atom. The van der Waals surface area contributed by atoms with Crippen molar-refractivity contribution in [2.75, 3.05) is 18.5 Å². The molecule has 2 aromatic heterocycles. The highest BCUT2D eigenvalue weighted by molar-refractivity contribution is 7.13. The molecular weight excluding hydrogens is 507 g/mol. The molecule has 3 heterocycles. The van der Waals surface area contributed by atoms with Crippen LogP contribution in [0.4, 0.5) is 18.9 Å². The first kappa shape index (κ1) is 27.3. The van der Waals surface area contributed by atoms with Crippen molar-refractivity contribution in [3.63, 3.8) is 0 Å². The molecule has 0 spiro atoms. The number of alkyl halides is 3. The lowest BCUT2D eigenvalue weighted by molar-refractivity contribution is -0.141. The van der Waals surface area contributed by atoms with E-state index in [1.165, 1.54) is 18.7 Å². The molecule has 2 aromatic rings. The Bertz CT molecular complexity index is 1050.